The molecule has 1 N–H and O–H groups in total. The van der Waals surface area contributed by atoms with Crippen molar-refractivity contribution in [3.63, 3.8) is 0 Å². The molecule has 13 heavy (non-hydrogen) atoms. The number of nitriles is 1. The van der Waals surface area contributed by atoms with Gasteiger partial charge in [-0.1, -0.05) is 0 Å². The van der Waals surface area contributed by atoms with Gasteiger partial charge in [0.2, 0.25) is 0 Å². The van der Waals surface area contributed by atoms with Gasteiger partial charge in [0.1, 0.15) is 0 Å². The van der Waals surface area contributed by atoms with Crippen molar-refractivity contribution in [1.29, 1.82) is 10.7 Å². The lowest BCUT2D eigenvalue weighted by molar-refractivity contribution is 1.45. The molecule has 0 amide bonds. The Balaban J connectivity index is 2.70. The smallest absolute Gasteiger partial charge is 0.0991 e. The third-order valence-electron chi connectivity index (χ3n) is 1.46. The first-order chi connectivity index (χ1) is 6.36. The molecular weight excluding hydrogens is 162 g/mol. The van der Waals surface area contributed by atoms with Crippen LogP contribution in [0.1, 0.15) is 12.0 Å². The van der Waals surface area contributed by atoms with E-state index in [0.717, 1.165) is 5.69 Å². The van der Waals surface area contributed by atoms with Gasteiger partial charge in [0.05, 0.1) is 17.3 Å². The maximum absolute atomic E-state index is 8.52. The molecule has 0 aliphatic rings. The highest BCUT2D eigenvalue weighted by atomic mass is 14.7. The van der Waals surface area contributed by atoms with Crippen molar-refractivity contribution in [1.82, 2.24) is 0 Å². The van der Waals surface area contributed by atoms with E-state index in [-0.39, 0.29) is 0 Å². The quantitative estimate of drug-likeness (QED) is 0.697. The van der Waals surface area contributed by atoms with E-state index in [0.29, 0.717) is 12.0 Å². The Kier molecular flexibility index (Phi) is 3.40. The summed E-state index contributed by atoms with van der Waals surface area (Å²) in [7, 11) is 0. The predicted molar refractivity (Wildman–Crippen MR) is 52.7 cm³/mol. The molecule has 1 rings (SSSR count). The monoisotopic (exact) mass is 171 g/mol. The third kappa shape index (κ3) is 2.88. The Morgan fingerprint density at radius 3 is 2.62 bits per heavy atom. The van der Waals surface area contributed by atoms with Gasteiger partial charge in [-0.2, -0.15) is 5.26 Å². The predicted octanol–water partition coefficient (Wildman–Crippen LogP) is 2.30. The Morgan fingerprint density at radius 2 is 2.08 bits per heavy atom. The van der Waals surface area contributed by atoms with Gasteiger partial charge in [-0.3, -0.25) is 4.99 Å². The third-order valence-corrected chi connectivity index (χ3v) is 1.46. The highest BCUT2D eigenvalue weighted by Gasteiger charge is 1.88. The molecule has 0 radical (unpaired) electrons. The minimum absolute atomic E-state index is 0.542. The molecule has 0 spiro atoms. The van der Waals surface area contributed by atoms with E-state index in [9.17, 15) is 0 Å². The summed E-state index contributed by atoms with van der Waals surface area (Å²) in [5, 5.41) is 15.3. The zero-order chi connectivity index (χ0) is 9.52. The van der Waals surface area contributed by atoms with Crippen molar-refractivity contribution in [3.8, 4) is 6.07 Å². The van der Waals surface area contributed by atoms with Crippen LogP contribution < -0.4 is 0 Å². The summed E-state index contributed by atoms with van der Waals surface area (Å²) < 4.78 is 0. The zero-order valence-electron chi connectivity index (χ0n) is 7.07. The average molecular weight is 171 g/mol. The fourth-order valence-corrected chi connectivity index (χ4v) is 0.833. The van der Waals surface area contributed by atoms with Gasteiger partial charge in [-0.05, 0) is 24.3 Å². The molecule has 3 heteroatoms. The Bertz CT molecular complexity index is 343. The molecule has 0 unspecified atom stereocenters. The summed E-state index contributed by atoms with van der Waals surface area (Å²) in [5.74, 6) is 0. The minimum Gasteiger partial charge on any atom is -0.313 e. The van der Waals surface area contributed by atoms with Crippen molar-refractivity contribution >= 4 is 18.1 Å². The summed E-state index contributed by atoms with van der Waals surface area (Å²) in [6.45, 7) is 0. The van der Waals surface area contributed by atoms with E-state index in [1.807, 2.05) is 6.07 Å². The number of rotatable bonds is 3. The SMILES string of the molecule is N#Cc1ccc(N=CCC=N)cc1. The molecule has 1 aromatic carbocycles. The molecule has 0 heterocycles. The van der Waals surface area contributed by atoms with Crippen LogP contribution in [0.3, 0.4) is 0 Å². The maximum atomic E-state index is 8.52. The van der Waals surface area contributed by atoms with Gasteiger partial charge in [-0.25, -0.2) is 0 Å². The number of hydrogen-bond acceptors (Lipinski definition) is 3. The standard InChI is InChI=1S/C10H9N3/c11-6-1-7-13-10-4-2-9(8-12)3-5-10/h2-7,11H,1H2. The second-order valence-electron chi connectivity index (χ2n) is 2.41. The summed E-state index contributed by atoms with van der Waals surface area (Å²) in [6.07, 6.45) is 3.49. The lowest BCUT2D eigenvalue weighted by Gasteiger charge is -1.91. The van der Waals surface area contributed by atoms with Crippen LogP contribution in [0.4, 0.5) is 5.69 Å². The first-order valence-corrected chi connectivity index (χ1v) is 3.88. The van der Waals surface area contributed by atoms with E-state index in [2.05, 4.69) is 4.99 Å². The number of nitrogens with one attached hydrogen (secondary N) is 1. The average Bonchev–Trinajstić information content (AvgIpc) is 2.19. The molecule has 0 aromatic heterocycles. The molecule has 0 atom stereocenters. The molecule has 64 valence electrons. The summed E-state index contributed by atoms with van der Waals surface area (Å²) in [6, 6.07) is 9.03. The van der Waals surface area contributed by atoms with Crippen molar-refractivity contribution < 1.29 is 0 Å². The largest absolute Gasteiger partial charge is 0.313 e. The van der Waals surface area contributed by atoms with Gasteiger partial charge < -0.3 is 5.41 Å². The van der Waals surface area contributed by atoms with Gasteiger partial charge in [0.25, 0.3) is 0 Å². The summed E-state index contributed by atoms with van der Waals surface area (Å²) in [5.41, 5.74) is 1.44. The van der Waals surface area contributed by atoms with Crippen LogP contribution in [0.2, 0.25) is 0 Å². The van der Waals surface area contributed by atoms with E-state index in [4.69, 9.17) is 10.7 Å². The lowest BCUT2D eigenvalue weighted by atomic mass is 10.2. The summed E-state index contributed by atoms with van der Waals surface area (Å²) in [4.78, 5) is 4.09. The molecule has 0 saturated carbocycles. The normalized spacial score (nSPS) is 9.77. The number of hydrogen-bond donors (Lipinski definition) is 1. The molecule has 3 nitrogen and oxygen atoms in total. The first kappa shape index (κ1) is 9.14. The minimum atomic E-state index is 0.542. The number of aliphatic imine (C=N–C) groups is 1. The van der Waals surface area contributed by atoms with Crippen molar-refractivity contribution in [2.45, 2.75) is 6.42 Å². The van der Waals surface area contributed by atoms with Crippen molar-refractivity contribution in [2.75, 3.05) is 0 Å². The Labute approximate surface area is 76.9 Å². The topological polar surface area (TPSA) is 60.0 Å². The number of benzene rings is 1. The molecule has 0 aliphatic heterocycles. The van der Waals surface area contributed by atoms with E-state index in [1.54, 1.807) is 30.5 Å². The van der Waals surface area contributed by atoms with Crippen LogP contribution in [0.15, 0.2) is 29.3 Å². The second-order valence-corrected chi connectivity index (χ2v) is 2.41. The van der Waals surface area contributed by atoms with Crippen LogP contribution in [-0.2, 0) is 0 Å². The molecule has 1 aromatic rings. The van der Waals surface area contributed by atoms with Gasteiger partial charge in [-0.15, -0.1) is 0 Å². The fraction of sp³-hybridized carbons (Fsp3) is 0.100. The summed E-state index contributed by atoms with van der Waals surface area (Å²) >= 11 is 0. The maximum Gasteiger partial charge on any atom is 0.0991 e. The van der Waals surface area contributed by atoms with Crippen LogP contribution in [0.5, 0.6) is 0 Å². The lowest BCUT2D eigenvalue weighted by Crippen LogP contribution is -1.75. The zero-order valence-corrected chi connectivity index (χ0v) is 7.07. The molecule has 0 bridgehead atoms. The van der Waals surface area contributed by atoms with E-state index in [1.165, 1.54) is 6.21 Å². The van der Waals surface area contributed by atoms with Crippen molar-refractivity contribution in [2.24, 2.45) is 4.99 Å². The number of nitrogens with zero attached hydrogens (tertiary/aromatic N) is 2. The molecular formula is C10H9N3. The van der Waals surface area contributed by atoms with E-state index < -0.39 is 0 Å². The molecule has 0 aliphatic carbocycles. The second kappa shape index (κ2) is 4.83. The van der Waals surface area contributed by atoms with Crippen LogP contribution >= 0.6 is 0 Å². The van der Waals surface area contributed by atoms with Crippen LogP contribution in [-0.4, -0.2) is 12.4 Å². The Hall–Kier alpha value is -1.95. The fourth-order valence-electron chi connectivity index (χ4n) is 0.833. The highest BCUT2D eigenvalue weighted by molar-refractivity contribution is 5.79. The van der Waals surface area contributed by atoms with Gasteiger partial charge >= 0.3 is 0 Å². The Morgan fingerprint density at radius 1 is 1.38 bits per heavy atom. The van der Waals surface area contributed by atoms with Gasteiger partial charge in [0, 0.05) is 18.9 Å². The van der Waals surface area contributed by atoms with E-state index >= 15 is 0 Å². The van der Waals surface area contributed by atoms with Crippen LogP contribution in [0, 0.1) is 16.7 Å². The van der Waals surface area contributed by atoms with Crippen LogP contribution in [0.25, 0.3) is 0 Å². The highest BCUT2D eigenvalue weighted by Crippen LogP contribution is 2.11. The van der Waals surface area contributed by atoms with Crippen molar-refractivity contribution in [3.05, 3.63) is 29.8 Å². The first-order valence-electron chi connectivity index (χ1n) is 3.88. The molecule has 0 saturated heterocycles. The molecule has 0 fully saturated rings. The van der Waals surface area contributed by atoms with Gasteiger partial charge in [0.15, 0.2) is 0 Å².